The number of ether oxygens (including phenoxy) is 1. The Morgan fingerprint density at radius 2 is 1.79 bits per heavy atom. The average molecular weight is 495 g/mol. The monoisotopic (exact) mass is 494 g/mol. The van der Waals surface area contributed by atoms with E-state index in [0.29, 0.717) is 32.1 Å². The quantitative estimate of drug-likeness (QED) is 0.223. The molecular weight excluding hydrogens is 479 g/mol. The standard InChI is InChI=1S/C25H16ClFN2O4S/c1-33-17-9-4-14(5-10-17)22(30)20-21(13-2-6-15(26)7-3-13)29(24(32)23(20)31)25-28-18-11-8-16(27)12-19(18)34-25/h2-12,21,30H,1H3. The number of ketones is 1. The normalized spacial score (nSPS) is 17.5. The summed E-state index contributed by atoms with van der Waals surface area (Å²) in [5.74, 6) is -1.87. The Morgan fingerprint density at radius 3 is 2.47 bits per heavy atom. The summed E-state index contributed by atoms with van der Waals surface area (Å²) in [6.45, 7) is 0. The summed E-state index contributed by atoms with van der Waals surface area (Å²) in [6.07, 6.45) is 0. The molecule has 1 aromatic heterocycles. The van der Waals surface area contributed by atoms with Crippen LogP contribution in [0.3, 0.4) is 0 Å². The van der Waals surface area contributed by atoms with Crippen LogP contribution >= 0.6 is 22.9 Å². The summed E-state index contributed by atoms with van der Waals surface area (Å²) >= 11 is 7.14. The van der Waals surface area contributed by atoms with Crippen molar-refractivity contribution < 1.29 is 23.8 Å². The summed E-state index contributed by atoms with van der Waals surface area (Å²) in [5.41, 5.74) is 1.32. The summed E-state index contributed by atoms with van der Waals surface area (Å²) in [7, 11) is 1.52. The van der Waals surface area contributed by atoms with Gasteiger partial charge >= 0.3 is 5.91 Å². The molecule has 1 fully saturated rings. The molecule has 1 saturated heterocycles. The van der Waals surface area contributed by atoms with Gasteiger partial charge in [-0.2, -0.15) is 0 Å². The maximum absolute atomic E-state index is 13.7. The molecule has 1 unspecified atom stereocenters. The van der Waals surface area contributed by atoms with Gasteiger partial charge in [0.2, 0.25) is 0 Å². The molecule has 6 nitrogen and oxygen atoms in total. The lowest BCUT2D eigenvalue weighted by Crippen LogP contribution is -2.29. The molecule has 1 N–H and O–H groups in total. The second kappa shape index (κ2) is 8.55. The summed E-state index contributed by atoms with van der Waals surface area (Å²) in [5, 5.41) is 11.8. The number of carbonyl (C=O) groups is 2. The summed E-state index contributed by atoms with van der Waals surface area (Å²) in [4.78, 5) is 32.1. The van der Waals surface area contributed by atoms with Gasteiger partial charge in [-0.25, -0.2) is 9.37 Å². The predicted molar refractivity (Wildman–Crippen MR) is 129 cm³/mol. The Labute approximate surface area is 202 Å². The van der Waals surface area contributed by atoms with Gasteiger partial charge in [-0.05, 0) is 60.2 Å². The molecule has 170 valence electrons. The maximum Gasteiger partial charge on any atom is 0.301 e. The molecule has 0 aliphatic carbocycles. The minimum Gasteiger partial charge on any atom is -0.507 e. The van der Waals surface area contributed by atoms with Crippen LogP contribution in [0.25, 0.3) is 16.0 Å². The smallest absolute Gasteiger partial charge is 0.301 e. The molecular formula is C25H16ClFN2O4S. The third-order valence-electron chi connectivity index (χ3n) is 5.54. The highest BCUT2D eigenvalue weighted by molar-refractivity contribution is 7.22. The van der Waals surface area contributed by atoms with Crippen LogP contribution in [0, 0.1) is 5.82 Å². The van der Waals surface area contributed by atoms with E-state index < -0.39 is 23.5 Å². The molecule has 4 aromatic rings. The molecule has 5 rings (SSSR count). The Morgan fingerprint density at radius 1 is 1.09 bits per heavy atom. The number of fused-ring (bicyclic) bond motifs is 1. The van der Waals surface area contributed by atoms with Crippen LogP contribution in [0.1, 0.15) is 17.2 Å². The number of aliphatic hydroxyl groups excluding tert-OH is 1. The molecule has 9 heteroatoms. The Balaban J connectivity index is 1.71. The van der Waals surface area contributed by atoms with Crippen molar-refractivity contribution in [1.82, 2.24) is 4.98 Å². The topological polar surface area (TPSA) is 79.7 Å². The zero-order valence-electron chi connectivity index (χ0n) is 17.7. The van der Waals surface area contributed by atoms with Crippen molar-refractivity contribution in [2.24, 2.45) is 0 Å². The number of anilines is 1. The maximum atomic E-state index is 13.7. The van der Waals surface area contributed by atoms with E-state index >= 15 is 0 Å². The fraction of sp³-hybridized carbons (Fsp3) is 0.0800. The lowest BCUT2D eigenvalue weighted by atomic mass is 9.95. The second-order valence-electron chi connectivity index (χ2n) is 7.56. The van der Waals surface area contributed by atoms with Crippen molar-refractivity contribution in [2.75, 3.05) is 12.0 Å². The van der Waals surface area contributed by atoms with E-state index in [2.05, 4.69) is 4.98 Å². The molecule has 2 heterocycles. The van der Waals surface area contributed by atoms with E-state index in [4.69, 9.17) is 16.3 Å². The number of carbonyl (C=O) groups excluding carboxylic acids is 2. The Hall–Kier alpha value is -3.75. The molecule has 1 amide bonds. The number of amides is 1. The number of benzene rings is 3. The number of Topliss-reactive ketones (excluding diaryl/α,β-unsaturated/α-hetero) is 1. The van der Waals surface area contributed by atoms with Crippen LogP contribution < -0.4 is 9.64 Å². The van der Waals surface area contributed by atoms with Crippen LogP contribution in [-0.2, 0) is 9.59 Å². The molecule has 0 spiro atoms. The number of aromatic nitrogens is 1. The molecule has 0 radical (unpaired) electrons. The summed E-state index contributed by atoms with van der Waals surface area (Å²) in [6, 6.07) is 16.3. The Kier molecular flexibility index (Phi) is 5.55. The van der Waals surface area contributed by atoms with E-state index in [1.165, 1.54) is 30.2 Å². The highest BCUT2D eigenvalue weighted by Gasteiger charge is 2.48. The lowest BCUT2D eigenvalue weighted by molar-refractivity contribution is -0.132. The van der Waals surface area contributed by atoms with Crippen molar-refractivity contribution >= 4 is 55.7 Å². The van der Waals surface area contributed by atoms with E-state index in [1.54, 1.807) is 48.5 Å². The van der Waals surface area contributed by atoms with Gasteiger partial charge < -0.3 is 9.84 Å². The number of hydrogen-bond acceptors (Lipinski definition) is 6. The van der Waals surface area contributed by atoms with Gasteiger partial charge in [0, 0.05) is 10.6 Å². The first-order chi connectivity index (χ1) is 16.4. The molecule has 1 aliphatic rings. The number of halogens is 2. The highest BCUT2D eigenvalue weighted by Crippen LogP contribution is 2.44. The predicted octanol–water partition coefficient (Wildman–Crippen LogP) is 5.72. The Bertz CT molecular complexity index is 1460. The van der Waals surface area contributed by atoms with Gasteiger partial charge in [0.05, 0.1) is 28.9 Å². The zero-order valence-corrected chi connectivity index (χ0v) is 19.2. The third-order valence-corrected chi connectivity index (χ3v) is 6.81. The molecule has 0 saturated carbocycles. The van der Waals surface area contributed by atoms with Gasteiger partial charge in [0.25, 0.3) is 5.78 Å². The first-order valence-electron chi connectivity index (χ1n) is 10.1. The van der Waals surface area contributed by atoms with Crippen LogP contribution in [0.15, 0.2) is 72.3 Å². The van der Waals surface area contributed by atoms with Crippen LogP contribution in [0.4, 0.5) is 9.52 Å². The average Bonchev–Trinajstić information content (AvgIpc) is 3.37. The molecule has 34 heavy (non-hydrogen) atoms. The van der Waals surface area contributed by atoms with Gasteiger partial charge in [0.1, 0.15) is 17.3 Å². The fourth-order valence-corrected chi connectivity index (χ4v) is 5.03. The number of methoxy groups -OCH3 is 1. The minimum atomic E-state index is -0.954. The first-order valence-corrected chi connectivity index (χ1v) is 11.3. The van der Waals surface area contributed by atoms with Crippen LogP contribution in [-0.4, -0.2) is 28.9 Å². The minimum absolute atomic E-state index is 0.0806. The van der Waals surface area contributed by atoms with Crippen molar-refractivity contribution in [3.8, 4) is 5.75 Å². The lowest BCUT2D eigenvalue weighted by Gasteiger charge is -2.23. The van der Waals surface area contributed by atoms with Crippen molar-refractivity contribution in [1.29, 1.82) is 0 Å². The SMILES string of the molecule is COc1ccc(C(O)=C2C(=O)C(=O)N(c3nc4ccc(F)cc4s3)C2c2ccc(Cl)cc2)cc1. The number of hydrogen-bond donors (Lipinski definition) is 1. The van der Waals surface area contributed by atoms with E-state index in [0.717, 1.165) is 11.3 Å². The van der Waals surface area contributed by atoms with E-state index in [-0.39, 0.29) is 16.5 Å². The number of rotatable bonds is 4. The number of aliphatic hydroxyl groups is 1. The second-order valence-corrected chi connectivity index (χ2v) is 9.00. The van der Waals surface area contributed by atoms with Crippen LogP contribution in [0.5, 0.6) is 5.75 Å². The van der Waals surface area contributed by atoms with Gasteiger partial charge in [0.15, 0.2) is 5.13 Å². The molecule has 3 aromatic carbocycles. The zero-order chi connectivity index (χ0) is 24.0. The van der Waals surface area contributed by atoms with Gasteiger partial charge in [-0.15, -0.1) is 0 Å². The van der Waals surface area contributed by atoms with E-state index in [1.807, 2.05) is 0 Å². The van der Waals surface area contributed by atoms with Gasteiger partial charge in [-0.3, -0.25) is 14.5 Å². The first kappa shape index (κ1) is 22.1. The third kappa shape index (κ3) is 3.70. The molecule has 1 atom stereocenters. The largest absolute Gasteiger partial charge is 0.507 e. The molecule has 0 bridgehead atoms. The van der Waals surface area contributed by atoms with E-state index in [9.17, 15) is 19.1 Å². The van der Waals surface area contributed by atoms with Gasteiger partial charge in [-0.1, -0.05) is 35.1 Å². The number of thiazole rings is 1. The molecule has 1 aliphatic heterocycles. The number of nitrogens with zero attached hydrogens (tertiary/aromatic N) is 2. The van der Waals surface area contributed by atoms with Crippen molar-refractivity contribution in [2.45, 2.75) is 6.04 Å². The van der Waals surface area contributed by atoms with Crippen LogP contribution in [0.2, 0.25) is 5.02 Å². The van der Waals surface area contributed by atoms with Crippen molar-refractivity contribution in [3.63, 3.8) is 0 Å². The highest BCUT2D eigenvalue weighted by atomic mass is 35.5. The fourth-order valence-electron chi connectivity index (χ4n) is 3.88. The summed E-state index contributed by atoms with van der Waals surface area (Å²) < 4.78 is 19.4. The van der Waals surface area contributed by atoms with Crippen molar-refractivity contribution in [3.05, 3.63) is 94.3 Å².